The largest absolute Gasteiger partial charge is 0.283 e. The Morgan fingerprint density at radius 2 is 1.95 bits per heavy atom. The molecule has 0 radical (unpaired) electrons. The summed E-state index contributed by atoms with van der Waals surface area (Å²) in [6.07, 6.45) is 0. The van der Waals surface area contributed by atoms with Crippen molar-refractivity contribution in [2.24, 2.45) is 0 Å². The van der Waals surface area contributed by atoms with Crippen LogP contribution in [0.3, 0.4) is 0 Å². The van der Waals surface area contributed by atoms with Crippen molar-refractivity contribution < 1.29 is 13.3 Å². The van der Waals surface area contributed by atoms with Crippen LogP contribution in [-0.2, 0) is 10.0 Å². The average molecular weight is 456 g/mol. The molecule has 112 valence electrons. The summed E-state index contributed by atoms with van der Waals surface area (Å²) in [5.41, 5.74) is 0.113. The third-order valence-corrected chi connectivity index (χ3v) is 6.35. The van der Waals surface area contributed by atoms with Crippen molar-refractivity contribution in [3.63, 3.8) is 0 Å². The highest BCUT2D eigenvalue weighted by Gasteiger charge is 2.21. The van der Waals surface area contributed by atoms with Crippen molar-refractivity contribution in [3.05, 3.63) is 47.5 Å². The second-order valence-corrected chi connectivity index (χ2v) is 9.14. The average Bonchev–Trinajstić information content (AvgIpc) is 2.68. The van der Waals surface area contributed by atoms with Crippen molar-refractivity contribution in [1.82, 2.24) is 0 Å². The van der Waals surface area contributed by atoms with Gasteiger partial charge in [0.15, 0.2) is 0 Å². The Labute approximate surface area is 141 Å². The van der Waals surface area contributed by atoms with Crippen molar-refractivity contribution >= 4 is 64.6 Å². The lowest BCUT2D eigenvalue weighted by molar-refractivity contribution is -0.385. The quantitative estimate of drug-likeness (QED) is 0.549. The Hall–Kier alpha value is -0.970. The second-order valence-electron chi connectivity index (χ2n) is 4.00. The Bertz CT molecular complexity index is 818. The summed E-state index contributed by atoms with van der Waals surface area (Å²) in [7, 11) is -3.73. The fourth-order valence-corrected chi connectivity index (χ4v) is 5.61. The number of nitro groups is 1. The highest BCUT2D eigenvalue weighted by molar-refractivity contribution is 9.11. The monoisotopic (exact) mass is 454 g/mol. The predicted molar refractivity (Wildman–Crippen MR) is 88.4 cm³/mol. The van der Waals surface area contributed by atoms with Crippen molar-refractivity contribution in [1.29, 1.82) is 0 Å². The zero-order valence-corrected chi connectivity index (χ0v) is 15.3. The minimum atomic E-state index is -3.73. The highest BCUT2D eigenvalue weighted by Crippen LogP contribution is 2.32. The lowest BCUT2D eigenvalue weighted by Gasteiger charge is -2.08. The Balaban J connectivity index is 2.35. The lowest BCUT2D eigenvalue weighted by atomic mass is 10.3. The molecule has 1 heterocycles. The number of hydrogen-bond donors (Lipinski definition) is 1. The van der Waals surface area contributed by atoms with E-state index in [0.717, 1.165) is 0 Å². The van der Waals surface area contributed by atoms with Crippen LogP contribution in [0.25, 0.3) is 0 Å². The molecule has 0 amide bonds. The molecule has 0 unspecified atom stereocenters. The Kier molecular flexibility index (Phi) is 4.71. The first kappa shape index (κ1) is 16.4. The summed E-state index contributed by atoms with van der Waals surface area (Å²) in [6, 6.07) is 5.45. The first-order valence-corrected chi connectivity index (χ1v) is 9.32. The van der Waals surface area contributed by atoms with Gasteiger partial charge in [0, 0.05) is 10.9 Å². The van der Waals surface area contributed by atoms with Crippen molar-refractivity contribution in [3.8, 4) is 0 Å². The van der Waals surface area contributed by atoms with Gasteiger partial charge in [-0.2, -0.15) is 0 Å². The molecule has 2 rings (SSSR count). The number of anilines is 1. The number of nitrogens with one attached hydrogen (secondary N) is 1. The van der Waals surface area contributed by atoms with Gasteiger partial charge in [-0.1, -0.05) is 0 Å². The molecule has 0 saturated heterocycles. The fraction of sp³-hybridized carbons (Fsp3) is 0.0909. The minimum Gasteiger partial charge on any atom is -0.280 e. The van der Waals surface area contributed by atoms with Crippen molar-refractivity contribution in [2.75, 3.05) is 4.72 Å². The third-order valence-electron chi connectivity index (χ3n) is 2.53. The van der Waals surface area contributed by atoms with E-state index in [9.17, 15) is 18.5 Å². The zero-order valence-electron chi connectivity index (χ0n) is 10.5. The Morgan fingerprint density at radius 1 is 1.29 bits per heavy atom. The van der Waals surface area contributed by atoms with E-state index in [1.807, 2.05) is 0 Å². The number of rotatable bonds is 4. The van der Waals surface area contributed by atoms with Gasteiger partial charge < -0.3 is 0 Å². The number of aryl methyl sites for hydroxylation is 1. The highest BCUT2D eigenvalue weighted by atomic mass is 79.9. The molecule has 10 heteroatoms. The van der Waals surface area contributed by atoms with Gasteiger partial charge in [0.2, 0.25) is 0 Å². The number of benzene rings is 1. The summed E-state index contributed by atoms with van der Waals surface area (Å²) in [6.45, 7) is 1.70. The van der Waals surface area contributed by atoms with Crippen LogP contribution in [0, 0.1) is 17.0 Å². The van der Waals surface area contributed by atoms with Crippen LogP contribution in [0.15, 0.2) is 37.4 Å². The minimum absolute atomic E-state index is 0.132. The summed E-state index contributed by atoms with van der Waals surface area (Å²) in [5.74, 6) is 0. The first-order valence-electron chi connectivity index (χ1n) is 5.43. The maximum atomic E-state index is 12.3. The molecule has 0 aliphatic carbocycles. The van der Waals surface area contributed by atoms with E-state index in [2.05, 4.69) is 36.6 Å². The number of hydrogen-bond acceptors (Lipinski definition) is 5. The SMILES string of the molecule is Cc1sc(Br)cc1S(=O)(=O)Nc1ccc([N+](=O)[O-])c(Br)c1. The van der Waals surface area contributed by atoms with Crippen molar-refractivity contribution in [2.45, 2.75) is 11.8 Å². The van der Waals surface area contributed by atoms with Crippen LogP contribution in [-0.4, -0.2) is 13.3 Å². The number of thiophene rings is 1. The smallest absolute Gasteiger partial charge is 0.280 e. The fourth-order valence-electron chi connectivity index (χ4n) is 1.63. The molecule has 6 nitrogen and oxygen atoms in total. The summed E-state index contributed by atoms with van der Waals surface area (Å²) >= 11 is 7.61. The summed E-state index contributed by atoms with van der Waals surface area (Å²) < 4.78 is 27.9. The van der Waals surface area contributed by atoms with Crippen LogP contribution in [0.4, 0.5) is 11.4 Å². The molecule has 0 bridgehead atoms. The molecule has 1 aromatic heterocycles. The van der Waals surface area contributed by atoms with Crippen LogP contribution in [0.5, 0.6) is 0 Å². The molecule has 2 aromatic rings. The number of nitro benzene ring substituents is 1. The molecule has 1 N–H and O–H groups in total. The zero-order chi connectivity index (χ0) is 15.8. The van der Waals surface area contributed by atoms with Gasteiger partial charge in [-0.3, -0.25) is 14.8 Å². The predicted octanol–water partition coefficient (Wildman–Crippen LogP) is 4.29. The molecular formula is C11H8Br2N2O4S2. The van der Waals surface area contributed by atoms with E-state index in [1.54, 1.807) is 6.92 Å². The van der Waals surface area contributed by atoms with Crippen LogP contribution >= 0.6 is 43.2 Å². The standard InChI is InChI=1S/C11H8Br2N2O4S2/c1-6-10(5-11(13)20-6)21(18,19)14-7-2-3-9(15(16)17)8(12)4-7/h2-5,14H,1H3. The molecule has 21 heavy (non-hydrogen) atoms. The molecular weight excluding hydrogens is 448 g/mol. The van der Waals surface area contributed by atoms with Gasteiger partial charge >= 0.3 is 0 Å². The number of halogens is 2. The molecule has 0 fully saturated rings. The molecule has 1 aromatic carbocycles. The number of nitrogens with zero attached hydrogens (tertiary/aromatic N) is 1. The van der Waals surface area contributed by atoms with Gasteiger partial charge in [0.05, 0.1) is 18.9 Å². The lowest BCUT2D eigenvalue weighted by Crippen LogP contribution is -2.13. The van der Waals surface area contributed by atoms with E-state index in [0.29, 0.717) is 8.66 Å². The molecule has 0 aliphatic rings. The van der Waals surface area contributed by atoms with Crippen LogP contribution < -0.4 is 4.72 Å². The Morgan fingerprint density at radius 3 is 2.43 bits per heavy atom. The van der Waals surface area contributed by atoms with E-state index in [4.69, 9.17) is 0 Å². The third kappa shape index (κ3) is 3.62. The van der Waals surface area contributed by atoms with Crippen LogP contribution in [0.1, 0.15) is 4.88 Å². The second kappa shape index (κ2) is 6.03. The van der Waals surface area contributed by atoms with E-state index < -0.39 is 14.9 Å². The number of sulfonamides is 1. The van der Waals surface area contributed by atoms with E-state index in [1.165, 1.54) is 35.6 Å². The van der Waals surface area contributed by atoms with Gasteiger partial charge in [0.1, 0.15) is 4.90 Å². The van der Waals surface area contributed by atoms with Gasteiger partial charge in [-0.05, 0) is 57.0 Å². The van der Waals surface area contributed by atoms with Crippen LogP contribution in [0.2, 0.25) is 0 Å². The molecule has 0 atom stereocenters. The maximum absolute atomic E-state index is 12.3. The normalized spacial score (nSPS) is 11.4. The van der Waals surface area contributed by atoms with E-state index in [-0.39, 0.29) is 20.7 Å². The maximum Gasteiger partial charge on any atom is 0.283 e. The summed E-state index contributed by atoms with van der Waals surface area (Å²) in [4.78, 5) is 11.0. The summed E-state index contributed by atoms with van der Waals surface area (Å²) in [5, 5.41) is 10.7. The molecule has 0 spiro atoms. The topological polar surface area (TPSA) is 89.3 Å². The molecule has 0 saturated carbocycles. The van der Waals surface area contributed by atoms with E-state index >= 15 is 0 Å². The van der Waals surface area contributed by atoms with Gasteiger partial charge in [0.25, 0.3) is 15.7 Å². The van der Waals surface area contributed by atoms with Gasteiger partial charge in [-0.25, -0.2) is 8.42 Å². The van der Waals surface area contributed by atoms with Gasteiger partial charge in [-0.15, -0.1) is 11.3 Å². The first-order chi connectivity index (χ1) is 9.70. The molecule has 0 aliphatic heterocycles.